The Morgan fingerprint density at radius 1 is 1.47 bits per heavy atom. The van der Waals surface area contributed by atoms with Crippen LogP contribution in [0, 0.1) is 0 Å². The first-order chi connectivity index (χ1) is 8.20. The van der Waals surface area contributed by atoms with E-state index in [-0.39, 0.29) is 5.56 Å². The molecule has 0 amide bonds. The van der Waals surface area contributed by atoms with Gasteiger partial charge in [0.05, 0.1) is 28.7 Å². The Morgan fingerprint density at radius 2 is 2.29 bits per heavy atom. The number of H-pyrrole nitrogens is 1. The molecule has 0 radical (unpaired) electrons. The van der Waals surface area contributed by atoms with Crippen LogP contribution in [0.15, 0.2) is 33.7 Å². The Balaban J connectivity index is 2.58. The summed E-state index contributed by atoms with van der Waals surface area (Å²) in [6.45, 7) is 0. The molecule has 0 aliphatic rings. The van der Waals surface area contributed by atoms with E-state index < -0.39 is 0 Å². The van der Waals surface area contributed by atoms with Gasteiger partial charge in [0.2, 0.25) is 0 Å². The Kier molecular flexibility index (Phi) is 2.19. The fraction of sp³-hybridized carbons (Fsp3) is 0.0909. The predicted octanol–water partition coefficient (Wildman–Crippen LogP) is 1.95. The highest BCUT2D eigenvalue weighted by Crippen LogP contribution is 2.28. The van der Waals surface area contributed by atoms with Crippen molar-refractivity contribution < 1.29 is 4.74 Å². The van der Waals surface area contributed by atoms with Gasteiger partial charge in [0, 0.05) is 12.1 Å². The lowest BCUT2D eigenvalue weighted by atomic mass is 10.2. The standard InChI is InChI=1S/C11H8BrN3O2/c1-17-9-5-8-6(4-7(9)12)11(16)14-10-2-3-13-15(8)10/h2-5H,1H3,(H,14,16). The number of hydrogen-bond acceptors (Lipinski definition) is 3. The summed E-state index contributed by atoms with van der Waals surface area (Å²) in [7, 11) is 1.58. The summed E-state index contributed by atoms with van der Waals surface area (Å²) in [6.07, 6.45) is 1.64. The maximum atomic E-state index is 11.9. The van der Waals surface area contributed by atoms with Gasteiger partial charge in [0.1, 0.15) is 11.4 Å². The average molecular weight is 294 g/mol. The lowest BCUT2D eigenvalue weighted by Gasteiger charge is -2.06. The molecule has 0 aliphatic carbocycles. The van der Waals surface area contributed by atoms with Crippen LogP contribution in [0.1, 0.15) is 0 Å². The smallest absolute Gasteiger partial charge is 0.259 e. The molecular weight excluding hydrogens is 286 g/mol. The SMILES string of the molecule is COc1cc2c(cc1Br)c(=O)[nH]c1ccnn12. The summed E-state index contributed by atoms with van der Waals surface area (Å²) in [5, 5.41) is 4.73. The molecule has 0 saturated carbocycles. The van der Waals surface area contributed by atoms with E-state index >= 15 is 0 Å². The number of nitrogens with one attached hydrogen (secondary N) is 1. The van der Waals surface area contributed by atoms with Crippen LogP contribution in [-0.2, 0) is 0 Å². The van der Waals surface area contributed by atoms with Crippen LogP contribution < -0.4 is 10.3 Å². The van der Waals surface area contributed by atoms with E-state index in [9.17, 15) is 4.79 Å². The minimum atomic E-state index is -0.142. The highest BCUT2D eigenvalue weighted by molar-refractivity contribution is 9.10. The Hall–Kier alpha value is -1.82. The van der Waals surface area contributed by atoms with Crippen molar-refractivity contribution in [2.24, 2.45) is 0 Å². The molecule has 0 atom stereocenters. The first-order valence-electron chi connectivity index (χ1n) is 4.94. The Morgan fingerprint density at radius 3 is 3.06 bits per heavy atom. The number of hydrogen-bond donors (Lipinski definition) is 1. The molecule has 0 saturated heterocycles. The van der Waals surface area contributed by atoms with Crippen molar-refractivity contribution in [3.63, 3.8) is 0 Å². The molecule has 0 bridgehead atoms. The largest absolute Gasteiger partial charge is 0.495 e. The van der Waals surface area contributed by atoms with Crippen molar-refractivity contribution >= 4 is 32.5 Å². The third kappa shape index (κ3) is 1.44. The zero-order valence-electron chi connectivity index (χ0n) is 8.90. The summed E-state index contributed by atoms with van der Waals surface area (Å²) in [5.74, 6) is 0.667. The third-order valence-corrected chi connectivity index (χ3v) is 3.25. The molecule has 0 aliphatic heterocycles. The van der Waals surface area contributed by atoms with Crippen LogP contribution in [0.2, 0.25) is 0 Å². The van der Waals surface area contributed by atoms with Gasteiger partial charge < -0.3 is 9.72 Å². The molecular formula is C11H8BrN3O2. The van der Waals surface area contributed by atoms with Crippen molar-refractivity contribution in [1.82, 2.24) is 14.6 Å². The normalized spacial score (nSPS) is 11.2. The fourth-order valence-corrected chi connectivity index (χ4v) is 2.34. The van der Waals surface area contributed by atoms with Gasteiger partial charge in [-0.3, -0.25) is 4.79 Å². The molecule has 1 aromatic carbocycles. The second kappa shape index (κ2) is 3.59. The molecule has 6 heteroatoms. The number of aromatic amines is 1. The second-order valence-electron chi connectivity index (χ2n) is 3.59. The fourth-order valence-electron chi connectivity index (χ4n) is 1.83. The lowest BCUT2D eigenvalue weighted by Crippen LogP contribution is -2.10. The van der Waals surface area contributed by atoms with E-state index in [2.05, 4.69) is 26.0 Å². The monoisotopic (exact) mass is 293 g/mol. The zero-order valence-corrected chi connectivity index (χ0v) is 10.5. The summed E-state index contributed by atoms with van der Waals surface area (Å²) in [6, 6.07) is 5.26. The molecule has 2 aromatic heterocycles. The van der Waals surface area contributed by atoms with Gasteiger partial charge in [0.15, 0.2) is 0 Å². The molecule has 3 rings (SSSR count). The van der Waals surface area contributed by atoms with Crippen molar-refractivity contribution in [3.8, 4) is 5.75 Å². The van der Waals surface area contributed by atoms with E-state index in [0.717, 1.165) is 4.47 Å². The van der Waals surface area contributed by atoms with Crippen LogP contribution in [0.3, 0.4) is 0 Å². The lowest BCUT2D eigenvalue weighted by molar-refractivity contribution is 0.412. The van der Waals surface area contributed by atoms with Gasteiger partial charge >= 0.3 is 0 Å². The number of nitrogens with zero attached hydrogens (tertiary/aromatic N) is 2. The zero-order chi connectivity index (χ0) is 12.0. The molecule has 2 heterocycles. The summed E-state index contributed by atoms with van der Waals surface area (Å²) in [4.78, 5) is 14.6. The average Bonchev–Trinajstić information content (AvgIpc) is 2.77. The summed E-state index contributed by atoms with van der Waals surface area (Å²) in [5.41, 5.74) is 1.23. The maximum absolute atomic E-state index is 11.9. The summed E-state index contributed by atoms with van der Waals surface area (Å²) < 4.78 is 7.63. The van der Waals surface area contributed by atoms with Crippen LogP contribution in [0.5, 0.6) is 5.75 Å². The minimum Gasteiger partial charge on any atom is -0.495 e. The van der Waals surface area contributed by atoms with Crippen LogP contribution in [0.4, 0.5) is 0 Å². The molecule has 0 spiro atoms. The molecule has 86 valence electrons. The summed E-state index contributed by atoms with van der Waals surface area (Å²) >= 11 is 3.36. The van der Waals surface area contributed by atoms with E-state index in [0.29, 0.717) is 22.3 Å². The van der Waals surface area contributed by atoms with Crippen molar-refractivity contribution in [3.05, 3.63) is 39.2 Å². The Labute approximate surface area is 104 Å². The first kappa shape index (κ1) is 10.3. The number of halogens is 1. The molecule has 3 aromatic rings. The minimum absolute atomic E-state index is 0.142. The molecule has 0 fully saturated rings. The second-order valence-corrected chi connectivity index (χ2v) is 4.44. The van der Waals surface area contributed by atoms with E-state index in [1.54, 1.807) is 36.0 Å². The molecule has 1 N–H and O–H groups in total. The van der Waals surface area contributed by atoms with Crippen molar-refractivity contribution in [2.75, 3.05) is 7.11 Å². The number of rotatable bonds is 1. The van der Waals surface area contributed by atoms with Crippen molar-refractivity contribution in [1.29, 1.82) is 0 Å². The topological polar surface area (TPSA) is 59.4 Å². The third-order valence-electron chi connectivity index (χ3n) is 2.63. The van der Waals surface area contributed by atoms with Crippen molar-refractivity contribution in [2.45, 2.75) is 0 Å². The van der Waals surface area contributed by atoms with Gasteiger partial charge in [-0.25, -0.2) is 4.52 Å². The molecule has 5 nitrogen and oxygen atoms in total. The van der Waals surface area contributed by atoms with Crippen LogP contribution in [0.25, 0.3) is 16.6 Å². The quantitative estimate of drug-likeness (QED) is 0.746. The predicted molar refractivity (Wildman–Crippen MR) is 67.6 cm³/mol. The Bertz CT molecular complexity index is 775. The van der Waals surface area contributed by atoms with Gasteiger partial charge in [-0.15, -0.1) is 0 Å². The maximum Gasteiger partial charge on any atom is 0.259 e. The number of fused-ring (bicyclic) bond motifs is 3. The van der Waals surface area contributed by atoms with Gasteiger partial charge in [-0.05, 0) is 22.0 Å². The highest BCUT2D eigenvalue weighted by atomic mass is 79.9. The van der Waals surface area contributed by atoms with Gasteiger partial charge in [-0.1, -0.05) is 0 Å². The highest BCUT2D eigenvalue weighted by Gasteiger charge is 2.09. The number of methoxy groups -OCH3 is 1. The van der Waals surface area contributed by atoms with Crippen LogP contribution >= 0.6 is 15.9 Å². The van der Waals surface area contributed by atoms with E-state index in [1.807, 2.05) is 0 Å². The molecule has 17 heavy (non-hydrogen) atoms. The number of benzene rings is 1. The van der Waals surface area contributed by atoms with Gasteiger partial charge in [0.25, 0.3) is 5.56 Å². The molecule has 0 unspecified atom stereocenters. The van der Waals surface area contributed by atoms with E-state index in [1.165, 1.54) is 0 Å². The number of aromatic nitrogens is 3. The first-order valence-corrected chi connectivity index (χ1v) is 5.73. The number of ether oxygens (including phenoxy) is 1. The van der Waals surface area contributed by atoms with Crippen LogP contribution in [-0.4, -0.2) is 21.7 Å². The van der Waals surface area contributed by atoms with Gasteiger partial charge in [-0.2, -0.15) is 5.10 Å². The van der Waals surface area contributed by atoms with E-state index in [4.69, 9.17) is 4.74 Å².